The van der Waals surface area contributed by atoms with Gasteiger partial charge in [0.15, 0.2) is 0 Å². The zero-order valence-electron chi connectivity index (χ0n) is 11.8. The molecule has 1 atom stereocenters. The molecule has 6 heteroatoms. The Bertz CT molecular complexity index is 610. The highest BCUT2D eigenvalue weighted by molar-refractivity contribution is 6.10. The van der Waals surface area contributed by atoms with Gasteiger partial charge in [-0.15, -0.1) is 0 Å². The fraction of sp³-hybridized carbons (Fsp3) is 0.400. The summed E-state index contributed by atoms with van der Waals surface area (Å²) in [6.45, 7) is 2.96. The number of hydrazone groups is 1. The van der Waals surface area contributed by atoms with Crippen molar-refractivity contribution in [1.82, 2.24) is 0 Å². The van der Waals surface area contributed by atoms with Gasteiger partial charge in [-0.25, -0.2) is 4.39 Å². The highest BCUT2D eigenvalue weighted by Crippen LogP contribution is 2.28. The topological polar surface area (TPSA) is 75.2 Å². The maximum atomic E-state index is 14.2. The molecule has 1 N–H and O–H groups in total. The summed E-state index contributed by atoms with van der Waals surface area (Å²) in [6, 6.07) is 8.31. The molecular formula is C15H16FN5. The van der Waals surface area contributed by atoms with Crippen LogP contribution in [-0.4, -0.2) is 18.3 Å². The molecular weight excluding hydrogens is 269 g/mol. The smallest absolute Gasteiger partial charge is 0.237 e. The molecule has 1 aliphatic heterocycles. The lowest BCUT2D eigenvalue weighted by atomic mass is 10.0. The van der Waals surface area contributed by atoms with Crippen LogP contribution in [0.15, 0.2) is 23.3 Å². The number of rotatable bonds is 3. The van der Waals surface area contributed by atoms with E-state index in [9.17, 15) is 4.39 Å². The molecule has 1 fully saturated rings. The van der Waals surface area contributed by atoms with Crippen molar-refractivity contribution in [3.63, 3.8) is 0 Å². The summed E-state index contributed by atoms with van der Waals surface area (Å²) in [7, 11) is 0. The van der Waals surface area contributed by atoms with Crippen molar-refractivity contribution < 1.29 is 4.39 Å². The average Bonchev–Trinajstić information content (AvgIpc) is 2.49. The minimum atomic E-state index is -0.334. The molecule has 0 aliphatic carbocycles. The molecule has 0 aromatic heterocycles. The van der Waals surface area contributed by atoms with Gasteiger partial charge in [-0.2, -0.15) is 15.6 Å². The van der Waals surface area contributed by atoms with Crippen LogP contribution >= 0.6 is 0 Å². The van der Waals surface area contributed by atoms with E-state index < -0.39 is 0 Å². The van der Waals surface area contributed by atoms with E-state index in [4.69, 9.17) is 10.5 Å². The van der Waals surface area contributed by atoms with E-state index >= 15 is 0 Å². The Labute approximate surface area is 123 Å². The molecule has 0 bridgehead atoms. The van der Waals surface area contributed by atoms with Gasteiger partial charge in [0.05, 0.1) is 11.4 Å². The van der Waals surface area contributed by atoms with Crippen molar-refractivity contribution >= 4 is 17.1 Å². The van der Waals surface area contributed by atoms with Crippen LogP contribution in [0.5, 0.6) is 0 Å². The number of benzene rings is 1. The SMILES string of the molecule is CC1CCCCN1c1ccc(NN=C(C#N)C#N)cc1F. The number of hydrogen-bond acceptors (Lipinski definition) is 5. The van der Waals surface area contributed by atoms with Gasteiger partial charge >= 0.3 is 0 Å². The van der Waals surface area contributed by atoms with Crippen molar-refractivity contribution in [1.29, 1.82) is 10.5 Å². The summed E-state index contributed by atoms with van der Waals surface area (Å²) in [5, 5.41) is 20.7. The van der Waals surface area contributed by atoms with Gasteiger partial charge in [0.25, 0.3) is 0 Å². The first-order valence-corrected chi connectivity index (χ1v) is 6.86. The molecule has 1 aromatic carbocycles. The average molecular weight is 285 g/mol. The monoisotopic (exact) mass is 285 g/mol. The van der Waals surface area contributed by atoms with Crippen LogP contribution in [-0.2, 0) is 0 Å². The van der Waals surface area contributed by atoms with Crippen molar-refractivity contribution in [3.05, 3.63) is 24.0 Å². The second kappa shape index (κ2) is 6.71. The molecule has 0 radical (unpaired) electrons. The van der Waals surface area contributed by atoms with E-state index in [1.165, 1.54) is 12.5 Å². The molecule has 1 unspecified atom stereocenters. The molecule has 2 rings (SSSR count). The predicted molar refractivity (Wildman–Crippen MR) is 79.3 cm³/mol. The summed E-state index contributed by atoms with van der Waals surface area (Å²) in [5.41, 5.74) is 3.20. The van der Waals surface area contributed by atoms with Crippen molar-refractivity contribution in [2.24, 2.45) is 5.10 Å². The lowest BCUT2D eigenvalue weighted by Gasteiger charge is -2.35. The van der Waals surface area contributed by atoms with Crippen LogP contribution in [0.2, 0.25) is 0 Å². The number of piperidine rings is 1. The van der Waals surface area contributed by atoms with E-state index in [1.54, 1.807) is 24.3 Å². The van der Waals surface area contributed by atoms with Crippen LogP contribution in [0.25, 0.3) is 0 Å². The lowest BCUT2D eigenvalue weighted by Crippen LogP contribution is -2.37. The molecule has 5 nitrogen and oxygen atoms in total. The minimum absolute atomic E-state index is 0.302. The predicted octanol–water partition coefficient (Wildman–Crippen LogP) is 3.02. The Morgan fingerprint density at radius 1 is 1.38 bits per heavy atom. The number of nitrogens with zero attached hydrogens (tertiary/aromatic N) is 4. The second-order valence-corrected chi connectivity index (χ2v) is 5.00. The van der Waals surface area contributed by atoms with Gasteiger partial charge in [-0.1, -0.05) is 0 Å². The van der Waals surface area contributed by atoms with E-state index in [2.05, 4.69) is 22.4 Å². The van der Waals surface area contributed by atoms with E-state index in [1.807, 2.05) is 0 Å². The zero-order valence-corrected chi connectivity index (χ0v) is 11.8. The summed E-state index contributed by atoms with van der Waals surface area (Å²) in [4.78, 5) is 2.07. The minimum Gasteiger partial charge on any atom is -0.366 e. The van der Waals surface area contributed by atoms with Gasteiger partial charge in [-0.05, 0) is 38.3 Å². The molecule has 0 saturated carbocycles. The van der Waals surface area contributed by atoms with Crippen LogP contribution in [0.4, 0.5) is 15.8 Å². The third-order valence-electron chi connectivity index (χ3n) is 3.57. The first kappa shape index (κ1) is 14.8. The molecule has 1 aromatic rings. The van der Waals surface area contributed by atoms with Gasteiger partial charge in [0, 0.05) is 18.7 Å². The first-order valence-electron chi connectivity index (χ1n) is 6.86. The number of anilines is 2. The summed E-state index contributed by atoms with van der Waals surface area (Å²) in [6.07, 6.45) is 3.32. The highest BCUT2D eigenvalue weighted by atomic mass is 19.1. The summed E-state index contributed by atoms with van der Waals surface area (Å²) in [5.74, 6) is -0.334. The third kappa shape index (κ3) is 3.49. The Morgan fingerprint density at radius 3 is 2.76 bits per heavy atom. The molecule has 1 aliphatic rings. The number of nitriles is 2. The van der Waals surface area contributed by atoms with Gasteiger partial charge < -0.3 is 4.90 Å². The third-order valence-corrected chi connectivity index (χ3v) is 3.57. The highest BCUT2D eigenvalue weighted by Gasteiger charge is 2.21. The summed E-state index contributed by atoms with van der Waals surface area (Å²) < 4.78 is 14.2. The Hall–Kier alpha value is -2.60. The van der Waals surface area contributed by atoms with Crippen LogP contribution < -0.4 is 10.3 Å². The Morgan fingerprint density at radius 2 is 2.14 bits per heavy atom. The maximum Gasteiger partial charge on any atom is 0.237 e. The number of halogens is 1. The number of hydrogen-bond donors (Lipinski definition) is 1. The fourth-order valence-electron chi connectivity index (χ4n) is 2.46. The fourth-order valence-corrected chi connectivity index (χ4v) is 2.46. The van der Waals surface area contributed by atoms with Crippen LogP contribution in [0, 0.1) is 28.5 Å². The standard InChI is InChI=1S/C15H16FN5/c1-11-4-2-3-7-21(11)15-6-5-12(8-14(15)16)19-20-13(9-17)10-18/h5-6,8,11,19H,2-4,7H2,1H3. The van der Waals surface area contributed by atoms with Crippen LogP contribution in [0.1, 0.15) is 26.2 Å². The first-order chi connectivity index (χ1) is 10.2. The summed E-state index contributed by atoms with van der Waals surface area (Å²) >= 11 is 0. The molecule has 0 spiro atoms. The molecule has 1 heterocycles. The van der Waals surface area contributed by atoms with Crippen molar-refractivity contribution in [2.45, 2.75) is 32.2 Å². The molecule has 1 saturated heterocycles. The molecule has 108 valence electrons. The molecule has 0 amide bonds. The largest absolute Gasteiger partial charge is 0.366 e. The normalized spacial score (nSPS) is 17.5. The van der Waals surface area contributed by atoms with E-state index in [0.29, 0.717) is 17.4 Å². The van der Waals surface area contributed by atoms with E-state index in [-0.39, 0.29) is 11.5 Å². The van der Waals surface area contributed by atoms with E-state index in [0.717, 1.165) is 19.4 Å². The van der Waals surface area contributed by atoms with Crippen LogP contribution in [0.3, 0.4) is 0 Å². The lowest BCUT2D eigenvalue weighted by molar-refractivity contribution is 0.476. The zero-order chi connectivity index (χ0) is 15.2. The van der Waals surface area contributed by atoms with Gasteiger partial charge in [0.1, 0.15) is 18.0 Å². The number of nitrogens with one attached hydrogen (secondary N) is 1. The maximum absolute atomic E-state index is 14.2. The van der Waals surface area contributed by atoms with Crippen molar-refractivity contribution in [2.75, 3.05) is 16.9 Å². The Kier molecular flexibility index (Phi) is 4.73. The molecule has 21 heavy (non-hydrogen) atoms. The van der Waals surface area contributed by atoms with Crippen molar-refractivity contribution in [3.8, 4) is 12.1 Å². The quantitative estimate of drug-likeness (QED) is 0.684. The Balaban J connectivity index is 2.16. The second-order valence-electron chi connectivity index (χ2n) is 5.00. The van der Waals surface area contributed by atoms with Gasteiger partial charge in [0.2, 0.25) is 5.71 Å². The van der Waals surface area contributed by atoms with Gasteiger partial charge in [-0.3, -0.25) is 5.43 Å².